The molecular weight excluding hydrogens is 318 g/mol. The predicted molar refractivity (Wildman–Crippen MR) is 85.5 cm³/mol. The zero-order valence-electron chi connectivity index (χ0n) is 12.4. The van der Waals surface area contributed by atoms with E-state index in [2.05, 4.69) is 0 Å². The van der Waals surface area contributed by atoms with Gasteiger partial charge in [-0.1, -0.05) is 23.7 Å². The highest BCUT2D eigenvalue weighted by Gasteiger charge is 2.32. The molecule has 1 unspecified atom stereocenters. The number of furan rings is 1. The lowest BCUT2D eigenvalue weighted by Gasteiger charge is -2.22. The Bertz CT molecular complexity index is 740. The number of carbonyl (C=O) groups is 2. The van der Waals surface area contributed by atoms with E-state index in [0.29, 0.717) is 23.7 Å². The van der Waals surface area contributed by atoms with Crippen LogP contribution < -0.4 is 0 Å². The molecule has 0 radical (unpaired) electrons. The van der Waals surface area contributed by atoms with E-state index in [-0.39, 0.29) is 24.1 Å². The van der Waals surface area contributed by atoms with Crippen molar-refractivity contribution < 1.29 is 19.1 Å². The van der Waals surface area contributed by atoms with Crippen LogP contribution in [0, 0.1) is 0 Å². The molecule has 6 heteroatoms. The number of carboxylic acid groups (broad SMARTS) is 1. The molecule has 1 atom stereocenters. The Kier molecular flexibility index (Phi) is 4.39. The lowest BCUT2D eigenvalue weighted by atomic mass is 10.1. The van der Waals surface area contributed by atoms with Crippen LogP contribution in [-0.4, -0.2) is 34.5 Å². The quantitative estimate of drug-likeness (QED) is 0.926. The van der Waals surface area contributed by atoms with Crippen molar-refractivity contribution >= 4 is 23.5 Å². The highest BCUT2D eigenvalue weighted by Crippen LogP contribution is 2.30. The van der Waals surface area contributed by atoms with E-state index >= 15 is 0 Å². The van der Waals surface area contributed by atoms with E-state index in [9.17, 15) is 9.59 Å². The first kappa shape index (κ1) is 15.6. The number of hydrogen-bond donors (Lipinski definition) is 1. The first-order valence-electron chi connectivity index (χ1n) is 7.44. The van der Waals surface area contributed by atoms with Crippen LogP contribution in [0.3, 0.4) is 0 Å². The minimum absolute atomic E-state index is 0.0379. The Morgan fingerprint density at radius 2 is 2.04 bits per heavy atom. The van der Waals surface area contributed by atoms with E-state index in [1.54, 1.807) is 23.1 Å². The maximum absolute atomic E-state index is 12.6. The lowest BCUT2D eigenvalue weighted by molar-refractivity contribution is -0.137. The Morgan fingerprint density at radius 1 is 1.26 bits per heavy atom. The van der Waals surface area contributed by atoms with Crippen molar-refractivity contribution in [3.8, 4) is 11.3 Å². The van der Waals surface area contributed by atoms with Crippen LogP contribution in [0.2, 0.25) is 5.02 Å². The van der Waals surface area contributed by atoms with Crippen LogP contribution in [0.5, 0.6) is 0 Å². The highest BCUT2D eigenvalue weighted by molar-refractivity contribution is 6.33. The average molecular weight is 334 g/mol. The van der Waals surface area contributed by atoms with Gasteiger partial charge in [0.1, 0.15) is 5.76 Å². The maximum Gasteiger partial charge on any atom is 0.305 e. The van der Waals surface area contributed by atoms with Crippen molar-refractivity contribution in [2.24, 2.45) is 0 Å². The Balaban J connectivity index is 1.81. The fourth-order valence-electron chi connectivity index (χ4n) is 2.92. The Hall–Kier alpha value is -2.27. The smallest absolute Gasteiger partial charge is 0.305 e. The molecule has 0 saturated carbocycles. The van der Waals surface area contributed by atoms with Gasteiger partial charge in [-0.2, -0.15) is 0 Å². The summed E-state index contributed by atoms with van der Waals surface area (Å²) in [7, 11) is 0. The number of carboxylic acids is 1. The SMILES string of the molecule is O=C(O)CC1CCCN1C(=O)c1ccc(-c2ccccc2Cl)o1. The van der Waals surface area contributed by atoms with Gasteiger partial charge in [-0.15, -0.1) is 0 Å². The minimum Gasteiger partial charge on any atom is -0.481 e. The molecule has 1 fully saturated rings. The fraction of sp³-hybridized carbons (Fsp3) is 0.294. The molecule has 1 saturated heterocycles. The summed E-state index contributed by atoms with van der Waals surface area (Å²) >= 11 is 6.13. The number of carbonyl (C=O) groups excluding carboxylic acids is 1. The van der Waals surface area contributed by atoms with Gasteiger partial charge in [0.05, 0.1) is 11.4 Å². The van der Waals surface area contributed by atoms with Gasteiger partial charge in [0.25, 0.3) is 5.91 Å². The third-order valence-electron chi connectivity index (χ3n) is 4.00. The first-order valence-corrected chi connectivity index (χ1v) is 7.81. The molecule has 0 bridgehead atoms. The molecule has 2 aromatic rings. The van der Waals surface area contributed by atoms with Gasteiger partial charge in [-0.3, -0.25) is 9.59 Å². The standard InChI is InChI=1S/C17H16ClNO4/c18-13-6-2-1-5-12(13)14-7-8-15(23-14)17(22)19-9-3-4-11(19)10-16(20)21/h1-2,5-8,11H,3-4,9-10H2,(H,20,21). The molecule has 120 valence electrons. The molecule has 23 heavy (non-hydrogen) atoms. The van der Waals surface area contributed by atoms with Crippen LogP contribution in [0.15, 0.2) is 40.8 Å². The van der Waals surface area contributed by atoms with E-state index in [0.717, 1.165) is 12.0 Å². The number of benzene rings is 1. The van der Waals surface area contributed by atoms with Gasteiger partial charge in [0.15, 0.2) is 5.76 Å². The minimum atomic E-state index is -0.897. The summed E-state index contributed by atoms with van der Waals surface area (Å²) in [6, 6.07) is 10.3. The average Bonchev–Trinajstić information content (AvgIpc) is 3.16. The number of likely N-dealkylation sites (tertiary alicyclic amines) is 1. The van der Waals surface area contributed by atoms with E-state index < -0.39 is 5.97 Å². The van der Waals surface area contributed by atoms with E-state index in [1.807, 2.05) is 18.2 Å². The molecule has 0 spiro atoms. The van der Waals surface area contributed by atoms with E-state index in [4.69, 9.17) is 21.1 Å². The van der Waals surface area contributed by atoms with Gasteiger partial charge in [-0.05, 0) is 37.1 Å². The third-order valence-corrected chi connectivity index (χ3v) is 4.33. The largest absolute Gasteiger partial charge is 0.481 e. The zero-order valence-corrected chi connectivity index (χ0v) is 13.1. The molecule has 3 rings (SSSR count). The number of amides is 1. The van der Waals surface area contributed by atoms with Crippen molar-refractivity contribution in [1.82, 2.24) is 4.90 Å². The second-order valence-electron chi connectivity index (χ2n) is 5.54. The van der Waals surface area contributed by atoms with Crippen molar-refractivity contribution in [3.63, 3.8) is 0 Å². The predicted octanol–water partition coefficient (Wildman–Crippen LogP) is 3.68. The number of hydrogen-bond acceptors (Lipinski definition) is 3. The van der Waals surface area contributed by atoms with Gasteiger partial charge in [0, 0.05) is 18.2 Å². The second-order valence-corrected chi connectivity index (χ2v) is 5.94. The summed E-state index contributed by atoms with van der Waals surface area (Å²) in [4.78, 5) is 25.1. The maximum atomic E-state index is 12.6. The Labute approximate surface area is 138 Å². The monoisotopic (exact) mass is 333 g/mol. The normalized spacial score (nSPS) is 17.4. The molecule has 1 N–H and O–H groups in total. The summed E-state index contributed by atoms with van der Waals surface area (Å²) in [6.45, 7) is 0.554. The number of nitrogens with zero attached hydrogens (tertiary/aromatic N) is 1. The van der Waals surface area contributed by atoms with E-state index in [1.165, 1.54) is 0 Å². The number of halogens is 1. The molecule has 1 aromatic carbocycles. The third kappa shape index (κ3) is 3.24. The van der Waals surface area contributed by atoms with Crippen LogP contribution in [0.1, 0.15) is 29.8 Å². The molecule has 5 nitrogen and oxygen atoms in total. The molecule has 1 aliphatic rings. The number of rotatable bonds is 4. The van der Waals surface area contributed by atoms with Crippen molar-refractivity contribution in [3.05, 3.63) is 47.2 Å². The van der Waals surface area contributed by atoms with Crippen LogP contribution in [0.4, 0.5) is 0 Å². The fourth-order valence-corrected chi connectivity index (χ4v) is 3.15. The molecule has 2 heterocycles. The summed E-state index contributed by atoms with van der Waals surface area (Å²) in [5.74, 6) is -0.442. The molecule has 1 aromatic heterocycles. The first-order chi connectivity index (χ1) is 11.1. The van der Waals surface area contributed by atoms with Crippen molar-refractivity contribution in [1.29, 1.82) is 0 Å². The summed E-state index contributed by atoms with van der Waals surface area (Å²) in [5, 5.41) is 9.50. The van der Waals surface area contributed by atoms with Crippen molar-refractivity contribution in [2.75, 3.05) is 6.54 Å². The summed E-state index contributed by atoms with van der Waals surface area (Å²) in [6.07, 6.45) is 1.47. The molecule has 1 aliphatic heterocycles. The summed E-state index contributed by atoms with van der Waals surface area (Å²) in [5.41, 5.74) is 0.719. The van der Waals surface area contributed by atoms with Gasteiger partial charge in [-0.25, -0.2) is 0 Å². The van der Waals surface area contributed by atoms with Crippen LogP contribution in [0.25, 0.3) is 11.3 Å². The molecule has 1 amide bonds. The second kappa shape index (κ2) is 6.46. The van der Waals surface area contributed by atoms with Crippen LogP contribution in [-0.2, 0) is 4.79 Å². The van der Waals surface area contributed by atoms with Gasteiger partial charge in [0.2, 0.25) is 0 Å². The van der Waals surface area contributed by atoms with Crippen molar-refractivity contribution in [2.45, 2.75) is 25.3 Å². The topological polar surface area (TPSA) is 70.8 Å². The Morgan fingerprint density at radius 3 is 2.78 bits per heavy atom. The summed E-state index contributed by atoms with van der Waals surface area (Å²) < 4.78 is 5.65. The number of aliphatic carboxylic acids is 1. The molecule has 0 aliphatic carbocycles. The van der Waals surface area contributed by atoms with Gasteiger partial charge >= 0.3 is 5.97 Å². The van der Waals surface area contributed by atoms with Crippen LogP contribution >= 0.6 is 11.6 Å². The highest BCUT2D eigenvalue weighted by atomic mass is 35.5. The van der Waals surface area contributed by atoms with Gasteiger partial charge < -0.3 is 14.4 Å². The zero-order chi connectivity index (χ0) is 16.4. The lowest BCUT2D eigenvalue weighted by Crippen LogP contribution is -2.36. The molecular formula is C17H16ClNO4.